The van der Waals surface area contributed by atoms with Gasteiger partial charge < -0.3 is 14.8 Å². The molecule has 5 nitrogen and oxygen atoms in total. The van der Waals surface area contributed by atoms with Gasteiger partial charge in [-0.1, -0.05) is 0 Å². The van der Waals surface area contributed by atoms with Crippen molar-refractivity contribution >= 4 is 0 Å². The van der Waals surface area contributed by atoms with Crippen molar-refractivity contribution in [2.24, 2.45) is 7.05 Å². The topological polar surface area (TPSA) is 48.3 Å². The Labute approximate surface area is 103 Å². The maximum atomic E-state index is 5.73. The fourth-order valence-corrected chi connectivity index (χ4v) is 1.66. The van der Waals surface area contributed by atoms with Gasteiger partial charge in [0.25, 0.3) is 0 Å². The highest BCUT2D eigenvalue weighted by Crippen LogP contribution is 2.20. The third kappa shape index (κ3) is 4.02. The first kappa shape index (κ1) is 14.0. The van der Waals surface area contributed by atoms with Crippen LogP contribution in [0.5, 0.6) is 5.88 Å². The minimum absolute atomic E-state index is 0.239. The predicted octanol–water partition coefficient (Wildman–Crippen LogP) is 1.25. The number of hydrogen-bond acceptors (Lipinski definition) is 4. The van der Waals surface area contributed by atoms with E-state index in [0.717, 1.165) is 23.7 Å². The maximum absolute atomic E-state index is 5.73. The Hall–Kier alpha value is -1.07. The largest absolute Gasteiger partial charge is 0.475 e. The predicted molar refractivity (Wildman–Crippen MR) is 67.3 cm³/mol. The van der Waals surface area contributed by atoms with Gasteiger partial charge in [-0.2, -0.15) is 5.10 Å². The SMILES string of the molecule is CNCc1c(C)nn(C)c1OCCOC(C)C. The van der Waals surface area contributed by atoms with Crippen LogP contribution in [-0.4, -0.2) is 36.1 Å². The second kappa shape index (κ2) is 6.61. The summed E-state index contributed by atoms with van der Waals surface area (Å²) in [7, 11) is 3.81. The molecular weight excluding hydrogens is 218 g/mol. The number of ether oxygens (including phenoxy) is 2. The lowest BCUT2D eigenvalue weighted by Crippen LogP contribution is -2.14. The average Bonchev–Trinajstić information content (AvgIpc) is 2.50. The molecule has 0 aliphatic heterocycles. The number of aromatic nitrogens is 2. The van der Waals surface area contributed by atoms with E-state index in [1.165, 1.54) is 0 Å². The number of hydrogen-bond donors (Lipinski definition) is 1. The first-order valence-corrected chi connectivity index (χ1v) is 5.97. The van der Waals surface area contributed by atoms with Crippen LogP contribution in [0.3, 0.4) is 0 Å². The van der Waals surface area contributed by atoms with Gasteiger partial charge in [0.2, 0.25) is 5.88 Å². The van der Waals surface area contributed by atoms with Gasteiger partial charge in [-0.15, -0.1) is 0 Å². The first-order valence-electron chi connectivity index (χ1n) is 5.97. The van der Waals surface area contributed by atoms with Gasteiger partial charge in [-0.05, 0) is 27.8 Å². The normalized spacial score (nSPS) is 11.2. The number of rotatable bonds is 7. The molecule has 0 unspecified atom stereocenters. The summed E-state index contributed by atoms with van der Waals surface area (Å²) < 4.78 is 12.9. The molecule has 1 aromatic rings. The summed E-state index contributed by atoms with van der Waals surface area (Å²) in [5.74, 6) is 0.823. The molecule has 0 saturated carbocycles. The van der Waals surface area contributed by atoms with Crippen molar-refractivity contribution in [1.82, 2.24) is 15.1 Å². The molecule has 0 aliphatic rings. The van der Waals surface area contributed by atoms with Crippen LogP contribution in [0.4, 0.5) is 0 Å². The summed E-state index contributed by atoms with van der Waals surface area (Å²) in [4.78, 5) is 0. The highest BCUT2D eigenvalue weighted by Gasteiger charge is 2.13. The lowest BCUT2D eigenvalue weighted by Gasteiger charge is -2.11. The molecule has 0 radical (unpaired) electrons. The molecule has 17 heavy (non-hydrogen) atoms. The van der Waals surface area contributed by atoms with Gasteiger partial charge in [0.05, 0.1) is 24.0 Å². The van der Waals surface area contributed by atoms with Crippen LogP contribution in [0.2, 0.25) is 0 Å². The standard InChI is InChI=1S/C12H23N3O2/c1-9(2)16-6-7-17-12-11(8-13-4)10(3)14-15(12)5/h9,13H,6-8H2,1-5H3. The molecule has 0 aliphatic carbocycles. The van der Waals surface area contributed by atoms with E-state index in [4.69, 9.17) is 9.47 Å². The van der Waals surface area contributed by atoms with Gasteiger partial charge >= 0.3 is 0 Å². The number of nitrogens with one attached hydrogen (secondary N) is 1. The molecule has 0 saturated heterocycles. The Bertz CT molecular complexity index is 348. The van der Waals surface area contributed by atoms with Crippen LogP contribution < -0.4 is 10.1 Å². The number of aryl methyl sites for hydroxylation is 2. The summed E-state index contributed by atoms with van der Waals surface area (Å²) in [5, 5.41) is 7.48. The van der Waals surface area contributed by atoms with E-state index < -0.39 is 0 Å². The van der Waals surface area contributed by atoms with Crippen molar-refractivity contribution in [3.63, 3.8) is 0 Å². The molecule has 0 spiro atoms. The first-order chi connectivity index (χ1) is 8.06. The minimum atomic E-state index is 0.239. The van der Waals surface area contributed by atoms with Gasteiger partial charge in [0, 0.05) is 13.6 Å². The Morgan fingerprint density at radius 1 is 1.35 bits per heavy atom. The smallest absolute Gasteiger partial charge is 0.216 e. The molecule has 1 aromatic heterocycles. The van der Waals surface area contributed by atoms with Crippen LogP contribution in [-0.2, 0) is 18.3 Å². The molecule has 1 rings (SSSR count). The van der Waals surface area contributed by atoms with E-state index >= 15 is 0 Å². The molecule has 5 heteroatoms. The summed E-state index contributed by atoms with van der Waals surface area (Å²) in [6.07, 6.45) is 0.239. The van der Waals surface area contributed by atoms with E-state index in [1.807, 2.05) is 34.9 Å². The zero-order valence-electron chi connectivity index (χ0n) is 11.4. The monoisotopic (exact) mass is 241 g/mol. The lowest BCUT2D eigenvalue weighted by atomic mass is 10.2. The quantitative estimate of drug-likeness (QED) is 0.730. The van der Waals surface area contributed by atoms with Crippen LogP contribution in [0, 0.1) is 6.92 Å². The van der Waals surface area contributed by atoms with Crippen LogP contribution >= 0.6 is 0 Å². The van der Waals surface area contributed by atoms with Gasteiger partial charge in [0.1, 0.15) is 6.61 Å². The Morgan fingerprint density at radius 3 is 2.65 bits per heavy atom. The zero-order chi connectivity index (χ0) is 12.8. The van der Waals surface area contributed by atoms with E-state index in [9.17, 15) is 0 Å². The van der Waals surface area contributed by atoms with E-state index in [0.29, 0.717) is 13.2 Å². The van der Waals surface area contributed by atoms with Crippen molar-refractivity contribution in [3.8, 4) is 5.88 Å². The summed E-state index contributed by atoms with van der Waals surface area (Å²) >= 11 is 0. The van der Waals surface area contributed by atoms with Crippen molar-refractivity contribution in [2.45, 2.75) is 33.4 Å². The van der Waals surface area contributed by atoms with Crippen LogP contribution in [0.1, 0.15) is 25.1 Å². The average molecular weight is 241 g/mol. The lowest BCUT2D eigenvalue weighted by molar-refractivity contribution is 0.0531. The van der Waals surface area contributed by atoms with Crippen molar-refractivity contribution < 1.29 is 9.47 Å². The second-order valence-corrected chi connectivity index (χ2v) is 4.29. The summed E-state index contributed by atoms with van der Waals surface area (Å²) in [5.41, 5.74) is 2.11. The summed E-state index contributed by atoms with van der Waals surface area (Å²) in [6, 6.07) is 0. The highest BCUT2D eigenvalue weighted by atomic mass is 16.5. The van der Waals surface area contributed by atoms with E-state index in [1.54, 1.807) is 4.68 Å². The van der Waals surface area contributed by atoms with Crippen molar-refractivity contribution in [3.05, 3.63) is 11.3 Å². The summed E-state index contributed by atoms with van der Waals surface area (Å²) in [6.45, 7) is 7.93. The molecule has 0 atom stereocenters. The third-order valence-corrected chi connectivity index (χ3v) is 2.42. The Kier molecular flexibility index (Phi) is 5.44. The number of nitrogens with zero attached hydrogens (tertiary/aromatic N) is 2. The zero-order valence-corrected chi connectivity index (χ0v) is 11.4. The molecule has 1 heterocycles. The molecule has 1 N–H and O–H groups in total. The van der Waals surface area contributed by atoms with Crippen molar-refractivity contribution in [2.75, 3.05) is 20.3 Å². The highest BCUT2D eigenvalue weighted by molar-refractivity contribution is 5.30. The molecule has 0 bridgehead atoms. The molecule has 0 amide bonds. The molecule has 0 fully saturated rings. The fraction of sp³-hybridized carbons (Fsp3) is 0.750. The van der Waals surface area contributed by atoms with Gasteiger partial charge in [0.15, 0.2) is 0 Å². The van der Waals surface area contributed by atoms with Crippen molar-refractivity contribution in [1.29, 1.82) is 0 Å². The molecule has 98 valence electrons. The third-order valence-electron chi connectivity index (χ3n) is 2.42. The molecule has 0 aromatic carbocycles. The second-order valence-electron chi connectivity index (χ2n) is 4.29. The fourth-order valence-electron chi connectivity index (χ4n) is 1.66. The van der Waals surface area contributed by atoms with Gasteiger partial charge in [-0.3, -0.25) is 0 Å². The van der Waals surface area contributed by atoms with E-state index in [-0.39, 0.29) is 6.10 Å². The Morgan fingerprint density at radius 2 is 2.06 bits per heavy atom. The molecular formula is C12H23N3O2. The maximum Gasteiger partial charge on any atom is 0.216 e. The van der Waals surface area contributed by atoms with Gasteiger partial charge in [-0.25, -0.2) is 4.68 Å². The van der Waals surface area contributed by atoms with Crippen LogP contribution in [0.15, 0.2) is 0 Å². The minimum Gasteiger partial charge on any atom is -0.475 e. The Balaban J connectivity index is 2.57. The van der Waals surface area contributed by atoms with E-state index in [2.05, 4.69) is 10.4 Å². The van der Waals surface area contributed by atoms with Crippen LogP contribution in [0.25, 0.3) is 0 Å².